The molecule has 8 bridgehead atoms. The fraction of sp³-hybridized carbons (Fsp3) is 0.368. The van der Waals surface area contributed by atoms with Gasteiger partial charge < -0.3 is 38.5 Å². The van der Waals surface area contributed by atoms with Gasteiger partial charge in [0.05, 0.1) is 35.5 Å². The second-order valence-electron chi connectivity index (χ2n) is 12.3. The van der Waals surface area contributed by atoms with Gasteiger partial charge in [-0.1, -0.05) is 18.2 Å². The number of hydrogen-bond donors (Lipinski definition) is 1. The van der Waals surface area contributed by atoms with Crippen LogP contribution in [0.15, 0.2) is 54.6 Å². The Morgan fingerprint density at radius 2 is 1.40 bits per heavy atom. The van der Waals surface area contributed by atoms with Gasteiger partial charge in [0.2, 0.25) is 11.5 Å². The summed E-state index contributed by atoms with van der Waals surface area (Å²) in [5, 5.41) is 3.76. The van der Waals surface area contributed by atoms with Crippen molar-refractivity contribution in [1.29, 1.82) is 0 Å². The van der Waals surface area contributed by atoms with E-state index < -0.39 is 0 Å². The van der Waals surface area contributed by atoms with Crippen LogP contribution in [0.5, 0.6) is 51.7 Å². The average Bonchev–Trinajstić information content (AvgIpc) is 3.09. The summed E-state index contributed by atoms with van der Waals surface area (Å²) in [6.07, 6.45) is 3.07. The minimum atomic E-state index is -0.0840. The highest BCUT2D eigenvalue weighted by Crippen LogP contribution is 2.54. The fourth-order valence-corrected chi connectivity index (χ4v) is 7.31. The highest BCUT2D eigenvalue weighted by molar-refractivity contribution is 5.67. The van der Waals surface area contributed by atoms with Crippen molar-refractivity contribution in [2.75, 3.05) is 55.7 Å². The number of benzene rings is 4. The minimum Gasteiger partial charge on any atom is -0.493 e. The largest absolute Gasteiger partial charge is 0.493 e. The molecule has 0 saturated carbocycles. The minimum absolute atomic E-state index is 0.0823. The maximum Gasteiger partial charge on any atom is 0.204 e. The number of methoxy groups -OCH3 is 5. The number of rotatable bonds is 5. The van der Waals surface area contributed by atoms with Gasteiger partial charge in [-0.2, -0.15) is 0 Å². The van der Waals surface area contributed by atoms with E-state index in [-0.39, 0.29) is 12.1 Å². The number of fused-ring (bicyclic) bond motifs is 2. The van der Waals surface area contributed by atoms with Gasteiger partial charge in [0.1, 0.15) is 5.75 Å². The summed E-state index contributed by atoms with van der Waals surface area (Å²) in [6, 6.07) is 18.6. The Morgan fingerprint density at radius 1 is 0.702 bits per heavy atom. The molecule has 1 N–H and O–H groups in total. The van der Waals surface area contributed by atoms with Crippen molar-refractivity contribution < 1.29 is 33.2 Å². The van der Waals surface area contributed by atoms with Crippen LogP contribution in [-0.4, -0.2) is 60.6 Å². The Kier molecular flexibility index (Phi) is 8.51. The van der Waals surface area contributed by atoms with E-state index in [1.54, 1.807) is 35.5 Å². The fourth-order valence-electron chi connectivity index (χ4n) is 7.31. The van der Waals surface area contributed by atoms with Crippen molar-refractivity contribution in [3.05, 3.63) is 88.0 Å². The highest BCUT2D eigenvalue weighted by Gasteiger charge is 2.35. The first kappa shape index (κ1) is 31.0. The first-order valence-corrected chi connectivity index (χ1v) is 16.1. The van der Waals surface area contributed by atoms with Crippen LogP contribution in [0.25, 0.3) is 0 Å². The van der Waals surface area contributed by atoms with Gasteiger partial charge >= 0.3 is 0 Å². The lowest BCUT2D eigenvalue weighted by molar-refractivity contribution is 0.224. The number of ether oxygens (including phenoxy) is 7. The first-order valence-electron chi connectivity index (χ1n) is 16.1. The van der Waals surface area contributed by atoms with Crippen molar-refractivity contribution in [2.45, 2.75) is 37.8 Å². The third-order valence-corrected chi connectivity index (χ3v) is 9.70. The zero-order chi connectivity index (χ0) is 32.7. The lowest BCUT2D eigenvalue weighted by Crippen LogP contribution is -2.34. The molecule has 9 heteroatoms. The van der Waals surface area contributed by atoms with Crippen molar-refractivity contribution in [3.63, 3.8) is 0 Å². The summed E-state index contributed by atoms with van der Waals surface area (Å²) >= 11 is 0. The van der Waals surface area contributed by atoms with E-state index in [9.17, 15) is 0 Å². The van der Waals surface area contributed by atoms with E-state index in [0.717, 1.165) is 65.9 Å². The molecule has 4 aliphatic heterocycles. The molecule has 246 valence electrons. The smallest absolute Gasteiger partial charge is 0.204 e. The van der Waals surface area contributed by atoms with Crippen LogP contribution in [0.3, 0.4) is 0 Å². The van der Waals surface area contributed by atoms with Crippen LogP contribution in [-0.2, 0) is 25.7 Å². The van der Waals surface area contributed by atoms with Gasteiger partial charge in [0.15, 0.2) is 34.5 Å². The molecule has 4 aromatic rings. The molecule has 0 fully saturated rings. The van der Waals surface area contributed by atoms with E-state index in [2.05, 4.69) is 53.7 Å². The molecule has 0 amide bonds. The molecule has 0 unspecified atom stereocenters. The van der Waals surface area contributed by atoms with E-state index >= 15 is 0 Å². The molecule has 8 rings (SSSR count). The Morgan fingerprint density at radius 3 is 2.13 bits per heavy atom. The number of hydrogen-bond acceptors (Lipinski definition) is 9. The monoisotopic (exact) mass is 638 g/mol. The van der Waals surface area contributed by atoms with Gasteiger partial charge in [-0.25, -0.2) is 0 Å². The standard InChI is InChI=1S/C38H42N2O7/c1-40-16-14-26-27-21-33(43-4)36(44-5)35(26)47-38-34-24(20-32(42-3)37(38)45-6)13-15-39-28(34)17-23-9-12-30(41-2)31(19-23)46-25-10-7-22(8-11-25)18-29(27)40/h7-12,19-21,28-29,39H,13-18H2,1-6H3/t28-,29-/m0/s1. The van der Waals surface area contributed by atoms with Gasteiger partial charge in [-0.3, -0.25) is 4.90 Å². The second kappa shape index (κ2) is 12.9. The normalized spacial score (nSPS) is 18.5. The highest BCUT2D eigenvalue weighted by atomic mass is 16.6. The Hall–Kier alpha value is -4.60. The van der Waals surface area contributed by atoms with Crippen molar-refractivity contribution in [3.8, 4) is 51.7 Å². The molecular formula is C38H42N2O7. The molecule has 4 heterocycles. The van der Waals surface area contributed by atoms with Gasteiger partial charge in [0.25, 0.3) is 0 Å². The Balaban J connectivity index is 1.50. The average molecular weight is 639 g/mol. The van der Waals surface area contributed by atoms with Gasteiger partial charge in [-0.05, 0) is 97.9 Å². The number of likely N-dealkylation sites (N-methyl/N-ethyl adjacent to an activating group) is 1. The van der Waals surface area contributed by atoms with E-state index in [4.69, 9.17) is 33.2 Å². The van der Waals surface area contributed by atoms with Crippen molar-refractivity contribution >= 4 is 0 Å². The van der Waals surface area contributed by atoms with Crippen molar-refractivity contribution in [1.82, 2.24) is 10.2 Å². The molecule has 0 aromatic heterocycles. The van der Waals surface area contributed by atoms with Crippen LogP contribution in [0, 0.1) is 0 Å². The summed E-state index contributed by atoms with van der Waals surface area (Å²) in [5.41, 5.74) is 6.72. The lowest BCUT2D eigenvalue weighted by atomic mass is 9.87. The predicted molar refractivity (Wildman–Crippen MR) is 180 cm³/mol. The maximum atomic E-state index is 7.16. The summed E-state index contributed by atoms with van der Waals surface area (Å²) < 4.78 is 43.2. The third-order valence-electron chi connectivity index (χ3n) is 9.70. The summed E-state index contributed by atoms with van der Waals surface area (Å²) in [5.74, 6) is 5.71. The zero-order valence-electron chi connectivity index (χ0n) is 27.9. The zero-order valence-corrected chi connectivity index (χ0v) is 27.9. The molecule has 0 saturated heterocycles. The van der Waals surface area contributed by atoms with Crippen molar-refractivity contribution in [2.24, 2.45) is 0 Å². The second-order valence-corrected chi connectivity index (χ2v) is 12.3. The summed E-state index contributed by atoms with van der Waals surface area (Å²) in [7, 11) is 10.5. The number of nitrogens with zero attached hydrogens (tertiary/aromatic N) is 1. The molecule has 0 spiro atoms. The van der Waals surface area contributed by atoms with E-state index in [1.807, 2.05) is 18.2 Å². The maximum absolute atomic E-state index is 7.16. The van der Waals surface area contributed by atoms with Crippen LogP contribution in [0.1, 0.15) is 45.5 Å². The van der Waals surface area contributed by atoms with Crippen LogP contribution < -0.4 is 38.5 Å². The molecule has 2 atom stereocenters. The predicted octanol–water partition coefficient (Wildman–Crippen LogP) is 6.83. The van der Waals surface area contributed by atoms with Gasteiger partial charge in [0, 0.05) is 29.8 Å². The molecule has 4 aromatic carbocycles. The topological polar surface area (TPSA) is 79.9 Å². The van der Waals surface area contributed by atoms with Crippen LogP contribution in [0.2, 0.25) is 0 Å². The van der Waals surface area contributed by atoms with Gasteiger partial charge in [-0.15, -0.1) is 0 Å². The molecular weight excluding hydrogens is 596 g/mol. The molecule has 0 radical (unpaired) electrons. The number of nitrogens with one attached hydrogen (secondary N) is 1. The molecule has 4 aliphatic rings. The summed E-state index contributed by atoms with van der Waals surface area (Å²) in [6.45, 7) is 1.67. The quantitative estimate of drug-likeness (QED) is 0.253. The SMILES string of the molecule is COc1ccc2cc1Oc1ccc(cc1)C[C@H]1c3cc(OC)c(OC)c(c3CCN1C)Oc1c(OC)c(OC)cc3c1[C@H](C2)NCC3. The Bertz CT molecular complexity index is 1790. The van der Waals surface area contributed by atoms with E-state index in [1.165, 1.54) is 5.56 Å². The lowest BCUT2D eigenvalue weighted by Gasteiger charge is -2.37. The van der Waals surface area contributed by atoms with E-state index in [0.29, 0.717) is 52.4 Å². The molecule has 9 nitrogen and oxygen atoms in total. The van der Waals surface area contributed by atoms with Crippen LogP contribution in [0.4, 0.5) is 0 Å². The van der Waals surface area contributed by atoms with Crippen LogP contribution >= 0.6 is 0 Å². The summed E-state index contributed by atoms with van der Waals surface area (Å²) in [4.78, 5) is 2.39. The molecule has 0 aliphatic carbocycles. The molecule has 47 heavy (non-hydrogen) atoms. The first-order chi connectivity index (χ1) is 23.0. The third kappa shape index (κ3) is 5.57. The Labute approximate surface area is 276 Å².